The van der Waals surface area contributed by atoms with Crippen molar-refractivity contribution < 1.29 is 9.18 Å². The predicted octanol–water partition coefficient (Wildman–Crippen LogP) is 1.76. The van der Waals surface area contributed by atoms with Crippen molar-refractivity contribution in [3.63, 3.8) is 0 Å². The Labute approximate surface area is 103 Å². The van der Waals surface area contributed by atoms with Gasteiger partial charge < -0.3 is 11.1 Å². The Morgan fingerprint density at radius 2 is 2.00 bits per heavy atom. The second-order valence-corrected chi connectivity index (χ2v) is 3.75. The molecular formula is C12H11FN4O. The van der Waals surface area contributed by atoms with Crippen LogP contribution in [0.25, 0.3) is 0 Å². The molecule has 0 aliphatic heterocycles. The first-order valence-electron chi connectivity index (χ1n) is 5.20. The third-order valence-electron chi connectivity index (χ3n) is 2.47. The first-order valence-corrected chi connectivity index (χ1v) is 5.20. The predicted molar refractivity (Wildman–Crippen MR) is 65.5 cm³/mol. The van der Waals surface area contributed by atoms with Crippen molar-refractivity contribution in [2.45, 2.75) is 6.92 Å². The maximum atomic E-state index is 13.5. The summed E-state index contributed by atoms with van der Waals surface area (Å²) in [6.45, 7) is 1.55. The molecule has 1 amide bonds. The maximum Gasteiger partial charge on any atom is 0.255 e. The Bertz CT molecular complexity index is 563. The number of hydrogen-bond acceptors (Lipinski definition) is 4. The normalized spacial score (nSPS) is 10.1. The average Bonchev–Trinajstić information content (AvgIpc) is 2.36. The van der Waals surface area contributed by atoms with Crippen molar-refractivity contribution in [3.8, 4) is 0 Å². The van der Waals surface area contributed by atoms with E-state index >= 15 is 0 Å². The van der Waals surface area contributed by atoms with Crippen molar-refractivity contribution in [3.05, 3.63) is 47.8 Å². The number of nitrogens with one attached hydrogen (secondary N) is 1. The summed E-state index contributed by atoms with van der Waals surface area (Å²) >= 11 is 0. The lowest BCUT2D eigenvalue weighted by molar-refractivity contribution is 0.102. The zero-order chi connectivity index (χ0) is 13.1. The number of anilines is 2. The zero-order valence-corrected chi connectivity index (χ0v) is 9.64. The van der Waals surface area contributed by atoms with Crippen molar-refractivity contribution in [1.29, 1.82) is 0 Å². The number of carbonyl (C=O) groups excluding carboxylic acids is 1. The van der Waals surface area contributed by atoms with Crippen LogP contribution >= 0.6 is 0 Å². The molecule has 6 heteroatoms. The summed E-state index contributed by atoms with van der Waals surface area (Å²) < 4.78 is 13.5. The van der Waals surface area contributed by atoms with Crippen molar-refractivity contribution in [2.24, 2.45) is 0 Å². The summed E-state index contributed by atoms with van der Waals surface area (Å²) in [7, 11) is 0. The first kappa shape index (κ1) is 12.0. The fourth-order valence-electron chi connectivity index (χ4n) is 1.40. The first-order chi connectivity index (χ1) is 8.58. The van der Waals surface area contributed by atoms with Crippen LogP contribution in [0.2, 0.25) is 0 Å². The van der Waals surface area contributed by atoms with E-state index in [9.17, 15) is 9.18 Å². The summed E-state index contributed by atoms with van der Waals surface area (Å²) in [4.78, 5) is 19.4. The fourth-order valence-corrected chi connectivity index (χ4v) is 1.40. The van der Waals surface area contributed by atoms with E-state index in [0.717, 1.165) is 6.07 Å². The second-order valence-electron chi connectivity index (χ2n) is 3.75. The molecule has 0 saturated carbocycles. The molecule has 0 atom stereocenters. The van der Waals surface area contributed by atoms with Gasteiger partial charge in [-0.25, -0.2) is 14.4 Å². The molecule has 1 heterocycles. The number of aromatic nitrogens is 2. The third kappa shape index (κ3) is 2.42. The van der Waals surface area contributed by atoms with E-state index in [1.807, 2.05) is 0 Å². The molecular weight excluding hydrogens is 235 g/mol. The lowest BCUT2D eigenvalue weighted by Crippen LogP contribution is -2.13. The lowest BCUT2D eigenvalue weighted by Gasteiger charge is -2.07. The molecule has 3 N–H and O–H groups in total. The molecule has 0 aliphatic rings. The quantitative estimate of drug-likeness (QED) is 0.791. The van der Waals surface area contributed by atoms with Crippen molar-refractivity contribution >= 4 is 17.3 Å². The highest BCUT2D eigenvalue weighted by Gasteiger charge is 2.11. The van der Waals surface area contributed by atoms with Crippen LogP contribution in [-0.4, -0.2) is 15.9 Å². The van der Waals surface area contributed by atoms with Crippen LogP contribution in [-0.2, 0) is 0 Å². The van der Waals surface area contributed by atoms with Gasteiger partial charge in [-0.15, -0.1) is 0 Å². The zero-order valence-electron chi connectivity index (χ0n) is 9.64. The van der Waals surface area contributed by atoms with Gasteiger partial charge in [0.15, 0.2) is 0 Å². The van der Waals surface area contributed by atoms with E-state index in [1.54, 1.807) is 6.92 Å². The molecule has 1 aromatic carbocycles. The van der Waals surface area contributed by atoms with E-state index in [-0.39, 0.29) is 11.3 Å². The number of nitrogens with two attached hydrogens (primary N) is 1. The number of benzene rings is 1. The molecule has 0 saturated heterocycles. The van der Waals surface area contributed by atoms with Crippen molar-refractivity contribution in [1.82, 2.24) is 9.97 Å². The minimum atomic E-state index is -0.510. The number of nitrogens with zero attached hydrogens (tertiary/aromatic N) is 2. The van der Waals surface area contributed by atoms with Gasteiger partial charge in [0.2, 0.25) is 0 Å². The molecule has 0 radical (unpaired) electrons. The van der Waals surface area contributed by atoms with E-state index < -0.39 is 11.7 Å². The number of carbonyl (C=O) groups is 1. The highest BCUT2D eigenvalue weighted by atomic mass is 19.1. The van der Waals surface area contributed by atoms with Gasteiger partial charge in [-0.3, -0.25) is 4.79 Å². The molecule has 92 valence electrons. The molecule has 0 aliphatic carbocycles. The van der Waals surface area contributed by atoms with Crippen LogP contribution in [0.5, 0.6) is 0 Å². The van der Waals surface area contributed by atoms with Crippen LogP contribution < -0.4 is 11.1 Å². The SMILES string of the molecule is Cc1c(N)cc(C(=O)Nc2cncnc2)cc1F. The summed E-state index contributed by atoms with van der Waals surface area (Å²) in [6, 6.07) is 2.57. The highest BCUT2D eigenvalue weighted by Crippen LogP contribution is 2.18. The van der Waals surface area contributed by atoms with Gasteiger partial charge in [-0.05, 0) is 19.1 Å². The molecule has 0 bridgehead atoms. The summed E-state index contributed by atoms with van der Waals surface area (Å²) in [6.07, 6.45) is 4.23. The largest absolute Gasteiger partial charge is 0.398 e. The summed E-state index contributed by atoms with van der Waals surface area (Å²) in [5.74, 6) is -0.972. The lowest BCUT2D eigenvalue weighted by atomic mass is 10.1. The molecule has 18 heavy (non-hydrogen) atoms. The summed E-state index contributed by atoms with van der Waals surface area (Å²) in [5.41, 5.74) is 6.76. The Hall–Kier alpha value is -2.50. The summed E-state index contributed by atoms with van der Waals surface area (Å²) in [5, 5.41) is 2.55. The maximum absolute atomic E-state index is 13.5. The van der Waals surface area contributed by atoms with Crippen LogP contribution in [0.4, 0.5) is 15.8 Å². The van der Waals surface area contributed by atoms with Gasteiger partial charge in [0.25, 0.3) is 5.91 Å². The average molecular weight is 246 g/mol. The van der Waals surface area contributed by atoms with Crippen LogP contribution in [0.1, 0.15) is 15.9 Å². The Kier molecular flexibility index (Phi) is 3.18. The molecule has 2 aromatic rings. The number of hydrogen-bond donors (Lipinski definition) is 2. The minimum Gasteiger partial charge on any atom is -0.398 e. The van der Waals surface area contributed by atoms with Crippen LogP contribution in [0.3, 0.4) is 0 Å². The molecule has 0 fully saturated rings. The monoisotopic (exact) mass is 246 g/mol. The Morgan fingerprint density at radius 1 is 1.33 bits per heavy atom. The number of halogens is 1. The number of nitrogen functional groups attached to an aromatic ring is 1. The van der Waals surface area contributed by atoms with Gasteiger partial charge in [-0.1, -0.05) is 0 Å². The van der Waals surface area contributed by atoms with Crippen molar-refractivity contribution in [2.75, 3.05) is 11.1 Å². The number of rotatable bonds is 2. The molecule has 0 spiro atoms. The highest BCUT2D eigenvalue weighted by molar-refractivity contribution is 6.04. The van der Waals surface area contributed by atoms with E-state index in [1.165, 1.54) is 24.8 Å². The van der Waals surface area contributed by atoms with Crippen LogP contribution in [0.15, 0.2) is 30.9 Å². The van der Waals surface area contributed by atoms with E-state index in [0.29, 0.717) is 11.3 Å². The Morgan fingerprint density at radius 3 is 2.61 bits per heavy atom. The fraction of sp³-hybridized carbons (Fsp3) is 0.0833. The van der Waals surface area contributed by atoms with Gasteiger partial charge in [0.05, 0.1) is 18.1 Å². The van der Waals surface area contributed by atoms with Gasteiger partial charge in [-0.2, -0.15) is 0 Å². The smallest absolute Gasteiger partial charge is 0.255 e. The van der Waals surface area contributed by atoms with Crippen LogP contribution in [0, 0.1) is 12.7 Å². The Balaban J connectivity index is 2.25. The van der Waals surface area contributed by atoms with Gasteiger partial charge in [0.1, 0.15) is 12.1 Å². The molecule has 0 unspecified atom stereocenters. The third-order valence-corrected chi connectivity index (χ3v) is 2.47. The van der Waals surface area contributed by atoms with Gasteiger partial charge >= 0.3 is 0 Å². The second kappa shape index (κ2) is 4.79. The molecule has 1 aromatic heterocycles. The van der Waals surface area contributed by atoms with E-state index in [2.05, 4.69) is 15.3 Å². The van der Waals surface area contributed by atoms with E-state index in [4.69, 9.17) is 5.73 Å². The topological polar surface area (TPSA) is 80.9 Å². The number of amides is 1. The van der Waals surface area contributed by atoms with Gasteiger partial charge in [0, 0.05) is 16.8 Å². The molecule has 2 rings (SSSR count). The minimum absolute atomic E-state index is 0.152. The molecule has 5 nitrogen and oxygen atoms in total. The standard InChI is InChI=1S/C12H11FN4O/c1-7-10(13)2-8(3-11(7)14)12(18)17-9-4-15-6-16-5-9/h2-6H,14H2,1H3,(H,17,18).